The fourth-order valence-corrected chi connectivity index (χ4v) is 0.249. The normalized spacial score (nSPS) is 7.36. The molecule has 7 heteroatoms. The van der Waals surface area contributed by atoms with Gasteiger partial charge in [-0.05, 0) is 0 Å². The van der Waals surface area contributed by atoms with Crippen LogP contribution in [-0.2, 0) is 36.8 Å². The monoisotopic (exact) mass is 252 g/mol. The predicted molar refractivity (Wildman–Crippen MR) is 24.5 cm³/mol. The summed E-state index contributed by atoms with van der Waals surface area (Å²) in [5, 5.41) is 22.2. The van der Waals surface area contributed by atoms with E-state index >= 15 is 0 Å². The fraction of sp³-hybridized carbons (Fsp3) is 0.250. The van der Waals surface area contributed by atoms with E-state index in [-0.39, 0.29) is 22.4 Å². The molecule has 0 aliphatic carbocycles. The fourth-order valence-electron chi connectivity index (χ4n) is 0.249. The topological polar surface area (TPSA) is 102 Å². The van der Waals surface area contributed by atoms with Gasteiger partial charge in [-0.3, -0.25) is 0 Å². The molecule has 6 nitrogen and oxygen atoms in total. The van der Waals surface area contributed by atoms with Gasteiger partial charge >= 0.3 is 0 Å². The standard InChI is InChI=1S/C4H5NO5.Ag/c1-10-5-2(3(6)7)4(8)9;/h1H3,(H,6,7)(H,8,9);/p-2. The van der Waals surface area contributed by atoms with Crippen LogP contribution in [-0.4, -0.2) is 24.8 Å². The summed E-state index contributed by atoms with van der Waals surface area (Å²) in [6, 6.07) is 0. The Morgan fingerprint density at radius 3 is 1.73 bits per heavy atom. The first-order valence-electron chi connectivity index (χ1n) is 2.13. The Bertz CT molecular complexity index is 173. The average Bonchev–Trinajstić information content (AvgIpc) is 1.81. The van der Waals surface area contributed by atoms with Gasteiger partial charge in [0.2, 0.25) is 0 Å². The van der Waals surface area contributed by atoms with Crippen LogP contribution in [0.2, 0.25) is 0 Å². The van der Waals surface area contributed by atoms with Crippen molar-refractivity contribution < 1.29 is 47.0 Å². The van der Waals surface area contributed by atoms with Gasteiger partial charge in [0.25, 0.3) is 0 Å². The Morgan fingerprint density at radius 1 is 1.27 bits per heavy atom. The molecule has 0 unspecified atom stereocenters. The van der Waals surface area contributed by atoms with E-state index in [4.69, 9.17) is 0 Å². The van der Waals surface area contributed by atoms with Gasteiger partial charge in [0, 0.05) is 22.4 Å². The molecule has 0 aromatic carbocycles. The van der Waals surface area contributed by atoms with Gasteiger partial charge < -0.3 is 24.6 Å². The van der Waals surface area contributed by atoms with Crippen LogP contribution in [0.1, 0.15) is 0 Å². The van der Waals surface area contributed by atoms with E-state index < -0.39 is 17.7 Å². The van der Waals surface area contributed by atoms with Crippen LogP contribution in [0.4, 0.5) is 0 Å². The number of nitrogens with zero attached hydrogens (tertiary/aromatic N) is 1. The molecule has 0 aromatic heterocycles. The molecule has 0 saturated heterocycles. The van der Waals surface area contributed by atoms with Crippen molar-refractivity contribution in [3.05, 3.63) is 0 Å². The molecule has 0 amide bonds. The van der Waals surface area contributed by atoms with Crippen molar-refractivity contribution in [1.82, 2.24) is 0 Å². The van der Waals surface area contributed by atoms with Crippen molar-refractivity contribution in [2.75, 3.05) is 7.11 Å². The molecule has 0 fully saturated rings. The number of aliphatic carboxylic acids is 2. The molecule has 0 aliphatic heterocycles. The van der Waals surface area contributed by atoms with Crippen molar-refractivity contribution in [3.8, 4) is 0 Å². The Balaban J connectivity index is 0. The third-order valence-corrected chi connectivity index (χ3v) is 0.569. The second kappa shape index (κ2) is 5.90. The molecule has 0 rings (SSSR count). The molecule has 0 aliphatic rings. The third-order valence-electron chi connectivity index (χ3n) is 0.569. The minimum Gasteiger partial charge on any atom is -0.543 e. The number of hydrogen-bond donors (Lipinski definition) is 0. The maximum atomic E-state index is 9.79. The second-order valence-electron chi connectivity index (χ2n) is 1.20. The van der Waals surface area contributed by atoms with Crippen LogP contribution in [0.25, 0.3) is 0 Å². The zero-order valence-electron chi connectivity index (χ0n) is 5.29. The summed E-state index contributed by atoms with van der Waals surface area (Å²) >= 11 is 0. The first kappa shape index (κ1) is 12.8. The first-order valence-corrected chi connectivity index (χ1v) is 2.13. The van der Waals surface area contributed by atoms with E-state index in [1.165, 1.54) is 0 Å². The minimum absolute atomic E-state index is 0. The summed E-state index contributed by atoms with van der Waals surface area (Å²) in [6.45, 7) is 0. The average molecular weight is 253 g/mol. The summed E-state index contributed by atoms with van der Waals surface area (Å²) < 4.78 is 0. The summed E-state index contributed by atoms with van der Waals surface area (Å²) in [7, 11) is 1.01. The summed E-state index contributed by atoms with van der Waals surface area (Å²) in [4.78, 5) is 23.4. The Kier molecular flexibility index (Phi) is 6.86. The van der Waals surface area contributed by atoms with Gasteiger partial charge in [-0.1, -0.05) is 5.16 Å². The van der Waals surface area contributed by atoms with Crippen LogP contribution in [0, 0.1) is 0 Å². The molecular formula is C4H3AgNO5-2. The van der Waals surface area contributed by atoms with Gasteiger partial charge in [0.15, 0.2) is 0 Å². The van der Waals surface area contributed by atoms with Crippen molar-refractivity contribution in [3.63, 3.8) is 0 Å². The van der Waals surface area contributed by atoms with Crippen molar-refractivity contribution in [2.24, 2.45) is 5.16 Å². The molecule has 0 heterocycles. The minimum atomic E-state index is -1.94. The maximum absolute atomic E-state index is 9.79. The molecule has 0 N–H and O–H groups in total. The maximum Gasteiger partial charge on any atom is 0.148 e. The largest absolute Gasteiger partial charge is 0.543 e. The Morgan fingerprint density at radius 2 is 1.64 bits per heavy atom. The Labute approximate surface area is 77.3 Å². The number of oxime groups is 1. The summed E-state index contributed by atoms with van der Waals surface area (Å²) in [6.07, 6.45) is 0. The van der Waals surface area contributed by atoms with Crippen LogP contribution < -0.4 is 10.2 Å². The van der Waals surface area contributed by atoms with E-state index in [1.54, 1.807) is 0 Å². The summed E-state index contributed by atoms with van der Waals surface area (Å²) in [5.41, 5.74) is -1.26. The molecule has 67 valence electrons. The predicted octanol–water partition coefficient (Wildman–Crippen LogP) is -3.51. The zero-order chi connectivity index (χ0) is 8.15. The molecule has 0 saturated carbocycles. The van der Waals surface area contributed by atoms with Crippen molar-refractivity contribution in [1.29, 1.82) is 0 Å². The van der Waals surface area contributed by atoms with Crippen LogP contribution in [0.3, 0.4) is 0 Å². The van der Waals surface area contributed by atoms with E-state index in [0.29, 0.717) is 0 Å². The molecule has 0 spiro atoms. The van der Waals surface area contributed by atoms with Gasteiger partial charge in [0.1, 0.15) is 12.8 Å². The number of hydrogen-bond acceptors (Lipinski definition) is 6. The van der Waals surface area contributed by atoms with E-state index in [2.05, 4.69) is 9.99 Å². The first-order chi connectivity index (χ1) is 4.59. The number of carboxylic acid groups (broad SMARTS) is 2. The van der Waals surface area contributed by atoms with Gasteiger partial charge in [-0.2, -0.15) is 0 Å². The van der Waals surface area contributed by atoms with Crippen molar-refractivity contribution >= 4 is 17.7 Å². The second-order valence-corrected chi connectivity index (χ2v) is 1.20. The number of rotatable bonds is 3. The molecule has 0 aromatic rings. The van der Waals surface area contributed by atoms with Gasteiger partial charge in [0.05, 0.1) is 11.9 Å². The number of carboxylic acids is 2. The quantitative estimate of drug-likeness (QED) is 0.224. The van der Waals surface area contributed by atoms with Crippen LogP contribution in [0.5, 0.6) is 0 Å². The number of carbonyl (C=O) groups is 2. The molecule has 1 radical (unpaired) electrons. The van der Waals surface area contributed by atoms with Crippen LogP contribution in [0.15, 0.2) is 5.16 Å². The van der Waals surface area contributed by atoms with E-state index in [9.17, 15) is 19.8 Å². The number of carbonyl (C=O) groups excluding carboxylic acids is 2. The van der Waals surface area contributed by atoms with E-state index in [1.807, 2.05) is 0 Å². The third kappa shape index (κ3) is 4.54. The van der Waals surface area contributed by atoms with Gasteiger partial charge in [-0.15, -0.1) is 0 Å². The van der Waals surface area contributed by atoms with Crippen molar-refractivity contribution in [2.45, 2.75) is 0 Å². The summed E-state index contributed by atoms with van der Waals surface area (Å²) in [5.74, 6) is -3.89. The zero-order valence-corrected chi connectivity index (χ0v) is 6.77. The van der Waals surface area contributed by atoms with Gasteiger partial charge in [-0.25, -0.2) is 0 Å². The van der Waals surface area contributed by atoms with Crippen LogP contribution >= 0.6 is 0 Å². The molecule has 0 atom stereocenters. The smallest absolute Gasteiger partial charge is 0.148 e. The van der Waals surface area contributed by atoms with E-state index in [0.717, 1.165) is 7.11 Å². The molecule has 11 heavy (non-hydrogen) atoms. The molecule has 0 bridgehead atoms. The SMILES string of the molecule is CON=C(C(=O)[O-])C(=O)[O-].[Ag]. The molecular weight excluding hydrogens is 250 g/mol. The Hall–Kier alpha value is -0.850.